The molecule has 0 spiro atoms. The second-order valence-electron chi connectivity index (χ2n) is 4.23. The molecule has 94 valence electrons. The molecule has 1 atom stereocenters. The summed E-state index contributed by atoms with van der Waals surface area (Å²) in [4.78, 5) is 10.4. The van der Waals surface area contributed by atoms with Crippen LogP contribution in [0.1, 0.15) is 19.8 Å². The fourth-order valence-electron chi connectivity index (χ4n) is 2.26. The third kappa shape index (κ3) is 2.98. The van der Waals surface area contributed by atoms with Crippen LogP contribution >= 0.6 is 11.6 Å². The highest BCUT2D eigenvalue weighted by Gasteiger charge is 2.22. The number of hydrogen-bond acceptors (Lipinski definition) is 5. The maximum Gasteiger partial charge on any atom is 0.222 e. The van der Waals surface area contributed by atoms with Gasteiger partial charge in [-0.2, -0.15) is 4.98 Å². The Hall–Kier alpha value is -1.07. The first kappa shape index (κ1) is 12.4. The van der Waals surface area contributed by atoms with Crippen LogP contribution in [0.3, 0.4) is 0 Å². The topological polar surface area (TPSA) is 67.1 Å². The van der Waals surface area contributed by atoms with E-state index >= 15 is 0 Å². The van der Waals surface area contributed by atoms with Crippen LogP contribution in [-0.2, 0) is 0 Å². The minimum absolute atomic E-state index is 0.246. The molecule has 0 aliphatic carbocycles. The minimum atomic E-state index is 0.246. The summed E-state index contributed by atoms with van der Waals surface area (Å²) in [6.45, 7) is 5.31. The van der Waals surface area contributed by atoms with Gasteiger partial charge in [-0.15, -0.1) is 0 Å². The van der Waals surface area contributed by atoms with Crippen LogP contribution < -0.4 is 11.1 Å². The summed E-state index contributed by atoms with van der Waals surface area (Å²) in [5, 5.41) is 3.77. The van der Waals surface area contributed by atoms with Gasteiger partial charge in [0, 0.05) is 12.6 Å². The first-order valence-electron chi connectivity index (χ1n) is 5.96. The molecule has 3 N–H and O–H groups in total. The van der Waals surface area contributed by atoms with Crippen LogP contribution in [0, 0.1) is 0 Å². The minimum Gasteiger partial charge on any atom is -0.368 e. The van der Waals surface area contributed by atoms with E-state index in [1.807, 2.05) is 0 Å². The molecule has 0 saturated carbocycles. The van der Waals surface area contributed by atoms with Gasteiger partial charge < -0.3 is 11.1 Å². The maximum atomic E-state index is 6.00. The Morgan fingerprint density at radius 3 is 3.24 bits per heavy atom. The lowest BCUT2D eigenvalue weighted by molar-refractivity contribution is 0.277. The number of aromatic nitrogens is 2. The molecular weight excluding hydrogens is 238 g/mol. The van der Waals surface area contributed by atoms with Crippen molar-refractivity contribution in [3.8, 4) is 0 Å². The third-order valence-corrected chi connectivity index (χ3v) is 3.45. The van der Waals surface area contributed by atoms with Gasteiger partial charge in [-0.05, 0) is 25.9 Å². The van der Waals surface area contributed by atoms with E-state index in [1.165, 1.54) is 25.6 Å². The van der Waals surface area contributed by atoms with Crippen molar-refractivity contribution < 1.29 is 0 Å². The highest BCUT2D eigenvalue weighted by Crippen LogP contribution is 2.21. The van der Waals surface area contributed by atoms with E-state index in [0.717, 1.165) is 13.1 Å². The molecule has 0 radical (unpaired) electrons. The van der Waals surface area contributed by atoms with E-state index in [1.54, 1.807) is 0 Å². The van der Waals surface area contributed by atoms with Gasteiger partial charge in [0.15, 0.2) is 5.82 Å². The highest BCUT2D eigenvalue weighted by atomic mass is 35.5. The summed E-state index contributed by atoms with van der Waals surface area (Å²) in [5.74, 6) is 0.873. The fourth-order valence-corrected chi connectivity index (χ4v) is 2.42. The molecule has 1 aromatic rings. The lowest BCUT2D eigenvalue weighted by Crippen LogP contribution is -2.34. The Balaban J connectivity index is 1.95. The Morgan fingerprint density at radius 1 is 1.65 bits per heavy atom. The number of hydrogen-bond donors (Lipinski definition) is 2. The number of likely N-dealkylation sites (tertiary alicyclic amines) is 1. The van der Waals surface area contributed by atoms with Crippen molar-refractivity contribution in [2.24, 2.45) is 0 Å². The quantitative estimate of drug-likeness (QED) is 0.856. The Morgan fingerprint density at radius 2 is 2.47 bits per heavy atom. The molecule has 2 heterocycles. The number of nitrogens with two attached hydrogens (primary N) is 1. The molecule has 17 heavy (non-hydrogen) atoms. The van der Waals surface area contributed by atoms with E-state index in [4.69, 9.17) is 17.3 Å². The molecule has 1 aliphatic heterocycles. The van der Waals surface area contributed by atoms with Crippen LogP contribution in [0.4, 0.5) is 11.8 Å². The summed E-state index contributed by atoms with van der Waals surface area (Å²) in [5.41, 5.74) is 5.53. The first-order chi connectivity index (χ1) is 8.20. The largest absolute Gasteiger partial charge is 0.368 e. The Bertz CT molecular complexity index is 384. The average Bonchev–Trinajstić information content (AvgIpc) is 2.77. The Kier molecular flexibility index (Phi) is 4.02. The number of nitrogens with zero attached hydrogens (tertiary/aromatic N) is 3. The predicted octanol–water partition coefficient (Wildman–Crippen LogP) is 1.61. The van der Waals surface area contributed by atoms with Crippen molar-refractivity contribution in [3.05, 3.63) is 11.2 Å². The van der Waals surface area contributed by atoms with E-state index in [9.17, 15) is 0 Å². The van der Waals surface area contributed by atoms with Gasteiger partial charge in [-0.25, -0.2) is 4.98 Å². The van der Waals surface area contributed by atoms with Crippen molar-refractivity contribution in [2.45, 2.75) is 25.8 Å². The molecule has 1 aromatic heterocycles. The van der Waals surface area contributed by atoms with E-state index in [0.29, 0.717) is 16.9 Å². The smallest absolute Gasteiger partial charge is 0.222 e. The first-order valence-corrected chi connectivity index (χ1v) is 6.34. The van der Waals surface area contributed by atoms with Crippen LogP contribution in [-0.4, -0.2) is 40.5 Å². The summed E-state index contributed by atoms with van der Waals surface area (Å²) in [6.07, 6.45) is 4.01. The standard InChI is InChI=1S/C11H18ClN5/c1-2-17-5-3-4-8(17)6-14-10-9(12)7-15-11(13)16-10/h7-8H,2-6H2,1H3,(H3,13,14,15,16). The van der Waals surface area contributed by atoms with Crippen LogP contribution in [0.15, 0.2) is 6.20 Å². The van der Waals surface area contributed by atoms with Gasteiger partial charge in [0.25, 0.3) is 0 Å². The van der Waals surface area contributed by atoms with Crippen molar-refractivity contribution >= 4 is 23.4 Å². The second-order valence-corrected chi connectivity index (χ2v) is 4.64. The molecule has 2 rings (SSSR count). The monoisotopic (exact) mass is 255 g/mol. The number of anilines is 2. The van der Waals surface area contributed by atoms with Gasteiger partial charge in [0.1, 0.15) is 5.02 Å². The van der Waals surface area contributed by atoms with E-state index in [-0.39, 0.29) is 5.95 Å². The van der Waals surface area contributed by atoms with E-state index < -0.39 is 0 Å². The molecule has 1 aliphatic rings. The Labute approximate surface area is 106 Å². The number of likely N-dealkylation sites (N-methyl/N-ethyl adjacent to an activating group) is 1. The van der Waals surface area contributed by atoms with Gasteiger partial charge in [0.05, 0.1) is 6.20 Å². The normalized spacial score (nSPS) is 20.7. The third-order valence-electron chi connectivity index (χ3n) is 3.17. The van der Waals surface area contributed by atoms with Crippen LogP contribution in [0.2, 0.25) is 5.02 Å². The molecular formula is C11H18ClN5. The van der Waals surface area contributed by atoms with Gasteiger partial charge in [0.2, 0.25) is 5.95 Å². The molecule has 0 amide bonds. The molecule has 6 heteroatoms. The lowest BCUT2D eigenvalue weighted by Gasteiger charge is -2.23. The molecule has 5 nitrogen and oxygen atoms in total. The second kappa shape index (κ2) is 5.51. The average molecular weight is 256 g/mol. The predicted molar refractivity (Wildman–Crippen MR) is 70.2 cm³/mol. The zero-order valence-electron chi connectivity index (χ0n) is 9.99. The zero-order chi connectivity index (χ0) is 12.3. The van der Waals surface area contributed by atoms with Gasteiger partial charge >= 0.3 is 0 Å². The number of rotatable bonds is 4. The SMILES string of the molecule is CCN1CCCC1CNc1nc(N)ncc1Cl. The molecule has 1 unspecified atom stereocenters. The fraction of sp³-hybridized carbons (Fsp3) is 0.636. The summed E-state index contributed by atoms with van der Waals surface area (Å²) in [6, 6.07) is 0.562. The summed E-state index contributed by atoms with van der Waals surface area (Å²) < 4.78 is 0. The van der Waals surface area contributed by atoms with Crippen LogP contribution in [0.25, 0.3) is 0 Å². The molecule has 0 bridgehead atoms. The lowest BCUT2D eigenvalue weighted by atomic mass is 10.2. The van der Waals surface area contributed by atoms with E-state index in [2.05, 4.69) is 27.1 Å². The zero-order valence-corrected chi connectivity index (χ0v) is 10.7. The van der Waals surface area contributed by atoms with Gasteiger partial charge in [-0.3, -0.25) is 4.90 Å². The van der Waals surface area contributed by atoms with Crippen molar-refractivity contribution in [3.63, 3.8) is 0 Å². The molecule has 1 fully saturated rings. The summed E-state index contributed by atoms with van der Waals surface area (Å²) >= 11 is 6.00. The van der Waals surface area contributed by atoms with Crippen LogP contribution in [0.5, 0.6) is 0 Å². The summed E-state index contributed by atoms with van der Waals surface area (Å²) in [7, 11) is 0. The number of halogens is 1. The number of nitrogen functional groups attached to an aromatic ring is 1. The molecule has 1 saturated heterocycles. The van der Waals surface area contributed by atoms with Crippen molar-refractivity contribution in [1.82, 2.24) is 14.9 Å². The highest BCUT2D eigenvalue weighted by molar-refractivity contribution is 6.32. The number of nitrogens with one attached hydrogen (secondary N) is 1. The van der Waals surface area contributed by atoms with Crippen molar-refractivity contribution in [2.75, 3.05) is 30.7 Å². The van der Waals surface area contributed by atoms with Gasteiger partial charge in [-0.1, -0.05) is 18.5 Å². The molecule has 0 aromatic carbocycles. The maximum absolute atomic E-state index is 6.00. The van der Waals surface area contributed by atoms with Crippen molar-refractivity contribution in [1.29, 1.82) is 0 Å².